The average molecular weight is 450 g/mol. The fraction of sp³-hybridized carbons (Fsp3) is 0.143. The molecule has 1 aliphatic rings. The van der Waals surface area contributed by atoms with E-state index in [1.807, 2.05) is 44.2 Å². The number of rotatable bonds is 6. The van der Waals surface area contributed by atoms with E-state index in [0.29, 0.717) is 45.4 Å². The number of aromatic nitrogens is 1. The van der Waals surface area contributed by atoms with Crippen LogP contribution in [0.3, 0.4) is 0 Å². The van der Waals surface area contributed by atoms with Crippen LogP contribution in [0.2, 0.25) is 0 Å². The maximum absolute atomic E-state index is 13.1. The van der Waals surface area contributed by atoms with Crippen molar-refractivity contribution in [3.05, 3.63) is 95.2 Å². The van der Waals surface area contributed by atoms with Crippen molar-refractivity contribution in [1.82, 2.24) is 4.98 Å². The van der Waals surface area contributed by atoms with E-state index in [-0.39, 0.29) is 17.6 Å². The molecule has 5 rings (SSSR count). The Hall–Kier alpha value is -4.32. The number of hydrogen-bond donors (Lipinski definition) is 1. The number of aryl methyl sites for hydroxylation is 1. The van der Waals surface area contributed by atoms with Gasteiger partial charge in [0.2, 0.25) is 0 Å². The lowest BCUT2D eigenvalue weighted by molar-refractivity contribution is 0.0924. The quantitative estimate of drug-likeness (QED) is 0.285. The molecule has 168 valence electrons. The van der Waals surface area contributed by atoms with Crippen molar-refractivity contribution in [2.45, 2.75) is 26.7 Å². The zero-order chi connectivity index (χ0) is 23.8. The van der Waals surface area contributed by atoms with E-state index in [4.69, 9.17) is 0 Å². The first-order valence-corrected chi connectivity index (χ1v) is 11.3. The molecule has 0 saturated carbocycles. The summed E-state index contributed by atoms with van der Waals surface area (Å²) in [6, 6.07) is 19.9. The van der Waals surface area contributed by atoms with Gasteiger partial charge in [-0.1, -0.05) is 49.4 Å². The average Bonchev–Trinajstić information content (AvgIpc) is 3.10. The SMILES string of the molecule is CCCC(=O)c1cnc2c(N3C(=O)c4ccccc4C3=O)cccc2c1Nc1ccccc1C. The second-order valence-corrected chi connectivity index (χ2v) is 8.32. The first kappa shape index (κ1) is 21.5. The zero-order valence-electron chi connectivity index (χ0n) is 19.0. The Morgan fingerprint density at radius 3 is 2.26 bits per heavy atom. The summed E-state index contributed by atoms with van der Waals surface area (Å²) in [6.07, 6.45) is 2.66. The summed E-state index contributed by atoms with van der Waals surface area (Å²) < 4.78 is 0. The van der Waals surface area contributed by atoms with Gasteiger partial charge in [0.25, 0.3) is 11.8 Å². The molecule has 0 unspecified atom stereocenters. The van der Waals surface area contributed by atoms with E-state index in [1.54, 1.807) is 42.6 Å². The molecule has 4 aromatic rings. The third kappa shape index (κ3) is 3.44. The Bertz CT molecular complexity index is 1440. The van der Waals surface area contributed by atoms with Crippen molar-refractivity contribution in [3.8, 4) is 0 Å². The van der Waals surface area contributed by atoms with Crippen molar-refractivity contribution in [3.63, 3.8) is 0 Å². The molecule has 6 heteroatoms. The Morgan fingerprint density at radius 1 is 0.912 bits per heavy atom. The van der Waals surface area contributed by atoms with Crippen molar-refractivity contribution in [1.29, 1.82) is 0 Å². The van der Waals surface area contributed by atoms with E-state index in [2.05, 4.69) is 10.3 Å². The highest BCUT2D eigenvalue weighted by molar-refractivity contribution is 6.36. The highest BCUT2D eigenvalue weighted by Gasteiger charge is 2.37. The summed E-state index contributed by atoms with van der Waals surface area (Å²) in [4.78, 5) is 45.0. The number of anilines is 3. The molecule has 1 aliphatic heterocycles. The van der Waals surface area contributed by atoms with Gasteiger partial charge in [-0.05, 0) is 43.2 Å². The number of imide groups is 1. The molecule has 1 N–H and O–H groups in total. The standard InChI is InChI=1S/C28H23N3O3/c1-3-9-24(32)21-16-29-26-20(25(21)30-22-14-7-4-10-17(22)2)13-8-15-23(26)31-27(33)18-11-5-6-12-19(18)28(31)34/h4-8,10-16H,3,9H2,1-2H3,(H,29,30). The number of carbonyl (C=O) groups is 3. The Morgan fingerprint density at radius 2 is 1.59 bits per heavy atom. The number of para-hydroxylation sites is 2. The maximum Gasteiger partial charge on any atom is 0.266 e. The topological polar surface area (TPSA) is 79.4 Å². The summed E-state index contributed by atoms with van der Waals surface area (Å²) in [5.74, 6) is -0.775. The number of carbonyl (C=O) groups excluding carboxylic acids is 3. The molecule has 0 aliphatic carbocycles. The molecule has 3 aromatic carbocycles. The first-order valence-electron chi connectivity index (χ1n) is 11.3. The summed E-state index contributed by atoms with van der Waals surface area (Å²) in [5, 5.41) is 4.10. The van der Waals surface area contributed by atoms with E-state index >= 15 is 0 Å². The van der Waals surface area contributed by atoms with Crippen LogP contribution >= 0.6 is 0 Å². The smallest absolute Gasteiger partial charge is 0.266 e. The van der Waals surface area contributed by atoms with E-state index in [1.165, 1.54) is 4.90 Å². The minimum absolute atomic E-state index is 0.0147. The lowest BCUT2D eigenvalue weighted by Gasteiger charge is -2.19. The number of nitrogens with one attached hydrogen (secondary N) is 1. The summed E-state index contributed by atoms with van der Waals surface area (Å²) in [6.45, 7) is 3.95. The van der Waals surface area contributed by atoms with Crippen LogP contribution in [0.25, 0.3) is 10.9 Å². The molecule has 6 nitrogen and oxygen atoms in total. The molecule has 0 fully saturated rings. The van der Waals surface area contributed by atoms with Gasteiger partial charge in [-0.3, -0.25) is 19.4 Å². The molecule has 0 radical (unpaired) electrons. The summed E-state index contributed by atoms with van der Waals surface area (Å²) >= 11 is 0. The fourth-order valence-corrected chi connectivity index (χ4v) is 4.35. The molecular weight excluding hydrogens is 426 g/mol. The zero-order valence-corrected chi connectivity index (χ0v) is 19.0. The van der Waals surface area contributed by atoms with E-state index in [0.717, 1.165) is 17.7 Å². The normalized spacial score (nSPS) is 12.8. The largest absolute Gasteiger partial charge is 0.354 e. The molecule has 0 spiro atoms. The van der Waals surface area contributed by atoms with Gasteiger partial charge in [-0.2, -0.15) is 0 Å². The molecule has 2 heterocycles. The third-order valence-electron chi connectivity index (χ3n) is 6.09. The Kier molecular flexibility index (Phi) is 5.42. The minimum Gasteiger partial charge on any atom is -0.354 e. The molecule has 34 heavy (non-hydrogen) atoms. The van der Waals surface area contributed by atoms with Crippen LogP contribution in [0, 0.1) is 6.92 Å². The van der Waals surface area contributed by atoms with Crippen LogP contribution in [0.4, 0.5) is 17.1 Å². The van der Waals surface area contributed by atoms with Crippen molar-refractivity contribution < 1.29 is 14.4 Å². The van der Waals surface area contributed by atoms with Gasteiger partial charge in [0, 0.05) is 23.7 Å². The van der Waals surface area contributed by atoms with Crippen LogP contribution in [-0.2, 0) is 0 Å². The van der Waals surface area contributed by atoms with Gasteiger partial charge in [0.05, 0.1) is 33.6 Å². The first-order chi connectivity index (χ1) is 16.5. The van der Waals surface area contributed by atoms with Gasteiger partial charge >= 0.3 is 0 Å². The highest BCUT2D eigenvalue weighted by atomic mass is 16.2. The second-order valence-electron chi connectivity index (χ2n) is 8.32. The van der Waals surface area contributed by atoms with Crippen molar-refractivity contribution in [2.24, 2.45) is 0 Å². The maximum atomic E-state index is 13.1. The number of hydrogen-bond acceptors (Lipinski definition) is 5. The lowest BCUT2D eigenvalue weighted by Crippen LogP contribution is -2.29. The second kappa shape index (κ2) is 8.56. The highest BCUT2D eigenvalue weighted by Crippen LogP contribution is 2.38. The number of pyridine rings is 1. The fourth-order valence-electron chi connectivity index (χ4n) is 4.35. The molecule has 0 bridgehead atoms. The number of Topliss-reactive ketones (excluding diaryl/α,β-unsaturated/α-hetero) is 1. The van der Waals surface area contributed by atoms with Gasteiger partial charge in [0.15, 0.2) is 5.78 Å². The number of fused-ring (bicyclic) bond motifs is 2. The predicted octanol–water partition coefficient (Wildman–Crippen LogP) is 6.07. The van der Waals surface area contributed by atoms with Crippen LogP contribution in [0.5, 0.6) is 0 Å². The number of benzene rings is 3. The van der Waals surface area contributed by atoms with Gasteiger partial charge in [-0.25, -0.2) is 4.90 Å². The van der Waals surface area contributed by atoms with Crippen molar-refractivity contribution >= 4 is 45.6 Å². The lowest BCUT2D eigenvalue weighted by atomic mass is 10.0. The molecular formula is C28H23N3O3. The number of nitrogens with zero attached hydrogens (tertiary/aromatic N) is 2. The van der Waals surface area contributed by atoms with Crippen molar-refractivity contribution in [2.75, 3.05) is 10.2 Å². The molecule has 0 atom stereocenters. The Labute approximate surface area is 197 Å². The van der Waals surface area contributed by atoms with E-state index in [9.17, 15) is 14.4 Å². The van der Waals surface area contributed by atoms with Crippen LogP contribution in [-0.4, -0.2) is 22.6 Å². The molecule has 0 saturated heterocycles. The summed E-state index contributed by atoms with van der Waals surface area (Å²) in [5.41, 5.74) is 4.61. The number of amides is 2. The van der Waals surface area contributed by atoms with Gasteiger partial charge < -0.3 is 5.32 Å². The Balaban J connectivity index is 1.70. The predicted molar refractivity (Wildman–Crippen MR) is 133 cm³/mol. The molecule has 1 aromatic heterocycles. The summed E-state index contributed by atoms with van der Waals surface area (Å²) in [7, 11) is 0. The monoisotopic (exact) mass is 449 g/mol. The van der Waals surface area contributed by atoms with E-state index < -0.39 is 0 Å². The van der Waals surface area contributed by atoms with Crippen LogP contribution in [0.15, 0.2) is 72.9 Å². The molecule has 2 amide bonds. The minimum atomic E-state index is -0.380. The van der Waals surface area contributed by atoms with Crippen LogP contribution in [0.1, 0.15) is 56.4 Å². The third-order valence-corrected chi connectivity index (χ3v) is 6.09. The number of ketones is 1. The van der Waals surface area contributed by atoms with Gasteiger partial charge in [-0.15, -0.1) is 0 Å². The van der Waals surface area contributed by atoms with Gasteiger partial charge in [0.1, 0.15) is 0 Å². The van der Waals surface area contributed by atoms with Crippen LogP contribution < -0.4 is 10.2 Å².